The summed E-state index contributed by atoms with van der Waals surface area (Å²) in [6.45, 7) is 2.29. The van der Waals surface area contributed by atoms with E-state index in [-0.39, 0.29) is 0 Å². The summed E-state index contributed by atoms with van der Waals surface area (Å²) in [4.78, 5) is 0. The van der Waals surface area contributed by atoms with Gasteiger partial charge in [-0.05, 0) is 41.1 Å². The van der Waals surface area contributed by atoms with Crippen LogP contribution in [-0.4, -0.2) is 7.38 Å². The van der Waals surface area contributed by atoms with E-state index in [1.165, 1.54) is 24.0 Å². The molecule has 1 aliphatic rings. The zero-order chi connectivity index (χ0) is 14.0. The summed E-state index contributed by atoms with van der Waals surface area (Å²) in [5.74, 6) is 0. The van der Waals surface area contributed by atoms with Crippen LogP contribution in [0, 0.1) is 0 Å². The normalized spacial score (nSPS) is 24.7. The van der Waals surface area contributed by atoms with Crippen LogP contribution in [-0.2, 0) is 0 Å². The fraction of sp³-hybridized carbons (Fsp3) is 0.333. The monoisotopic (exact) mass is 300 g/mol. The lowest BCUT2D eigenvalue weighted by molar-refractivity contribution is 0.765. The summed E-state index contributed by atoms with van der Waals surface area (Å²) >= 11 is 7.30. The molecule has 0 aromatic heterocycles. The smallest absolute Gasteiger partial charge is 0.166 e. The van der Waals surface area contributed by atoms with E-state index in [2.05, 4.69) is 67.6 Å². The van der Waals surface area contributed by atoms with E-state index in [9.17, 15) is 0 Å². The van der Waals surface area contributed by atoms with Crippen molar-refractivity contribution in [3.8, 4) is 0 Å². The molecule has 0 nitrogen and oxygen atoms in total. The molecule has 1 aliphatic heterocycles. The zero-order valence-corrected chi connectivity index (χ0v) is 13.7. The average Bonchev–Trinajstić information content (AvgIpc) is 2.87. The molecule has 20 heavy (non-hydrogen) atoms. The molecule has 0 N–H and O–H groups in total. The number of rotatable bonds is 3. The summed E-state index contributed by atoms with van der Waals surface area (Å²) in [6.07, 6.45) is 2.49. The van der Waals surface area contributed by atoms with E-state index in [1.54, 1.807) is 0 Å². The topological polar surface area (TPSA) is 0 Å². The summed E-state index contributed by atoms with van der Waals surface area (Å²) in [7, 11) is -1.83. The van der Waals surface area contributed by atoms with Crippen molar-refractivity contribution in [2.24, 2.45) is 0 Å². The molecule has 0 aliphatic carbocycles. The van der Waals surface area contributed by atoms with Crippen LogP contribution in [0.15, 0.2) is 60.7 Å². The molecule has 1 fully saturated rings. The lowest BCUT2D eigenvalue weighted by Gasteiger charge is -2.31. The average molecular weight is 301 g/mol. The van der Waals surface area contributed by atoms with Crippen LogP contribution in [0.1, 0.15) is 42.0 Å². The van der Waals surface area contributed by atoms with Gasteiger partial charge < -0.3 is 0 Å². The molecule has 2 aromatic rings. The number of hydrogen-bond donors (Lipinski definition) is 0. The first kappa shape index (κ1) is 13.9. The van der Waals surface area contributed by atoms with Crippen molar-refractivity contribution in [3.63, 3.8) is 0 Å². The predicted octanol–water partition coefficient (Wildman–Crippen LogP) is 5.63. The van der Waals surface area contributed by atoms with E-state index in [0.717, 1.165) is 6.04 Å². The Labute approximate surface area is 127 Å². The summed E-state index contributed by atoms with van der Waals surface area (Å²) < 4.78 is 0. The van der Waals surface area contributed by atoms with Gasteiger partial charge in [-0.1, -0.05) is 67.6 Å². The Balaban J connectivity index is 1.97. The number of halogens is 1. The predicted molar refractivity (Wildman–Crippen MR) is 89.7 cm³/mol. The van der Waals surface area contributed by atoms with Gasteiger partial charge in [0, 0.05) is 0 Å². The minimum absolute atomic E-state index is 0.598. The Morgan fingerprint density at radius 3 is 1.60 bits per heavy atom. The van der Waals surface area contributed by atoms with Gasteiger partial charge in [0.25, 0.3) is 0 Å². The lowest BCUT2D eigenvalue weighted by Crippen LogP contribution is -2.36. The van der Waals surface area contributed by atoms with Crippen LogP contribution in [0.5, 0.6) is 0 Å². The van der Waals surface area contributed by atoms with E-state index < -0.39 is 7.38 Å². The van der Waals surface area contributed by atoms with Crippen molar-refractivity contribution in [1.29, 1.82) is 0 Å². The van der Waals surface area contributed by atoms with Gasteiger partial charge in [-0.25, -0.2) is 0 Å². The Hall–Kier alpha value is -1.05. The third-order valence-electron chi connectivity index (χ3n) is 4.85. The maximum absolute atomic E-state index is 7.30. The van der Waals surface area contributed by atoms with Gasteiger partial charge >= 0.3 is 0 Å². The molecule has 2 aromatic carbocycles. The van der Waals surface area contributed by atoms with Gasteiger partial charge in [0.2, 0.25) is 0 Å². The van der Waals surface area contributed by atoms with E-state index in [0.29, 0.717) is 11.1 Å². The molecule has 2 heteroatoms. The summed E-state index contributed by atoms with van der Waals surface area (Å²) in [5, 5.41) is 0. The Kier molecular flexibility index (Phi) is 4.00. The van der Waals surface area contributed by atoms with Crippen molar-refractivity contribution < 1.29 is 0 Å². The molecule has 3 rings (SSSR count). The molecule has 0 bridgehead atoms. The van der Waals surface area contributed by atoms with Crippen LogP contribution in [0.3, 0.4) is 0 Å². The second-order valence-electron chi connectivity index (χ2n) is 5.78. The molecule has 1 heterocycles. The molecule has 104 valence electrons. The number of benzene rings is 2. The highest BCUT2D eigenvalue weighted by molar-refractivity contribution is 7.22. The van der Waals surface area contributed by atoms with Crippen molar-refractivity contribution >= 4 is 18.5 Å². The van der Waals surface area contributed by atoms with E-state index in [1.807, 2.05) is 0 Å². The molecule has 0 saturated carbocycles. The fourth-order valence-corrected chi connectivity index (χ4v) is 9.48. The third-order valence-corrected chi connectivity index (χ3v) is 11.9. The number of hydrogen-bond acceptors (Lipinski definition) is 0. The van der Waals surface area contributed by atoms with E-state index in [4.69, 9.17) is 11.1 Å². The van der Waals surface area contributed by atoms with Crippen LogP contribution >= 0.6 is 11.1 Å². The molecular weight excluding hydrogens is 280 g/mol. The second kappa shape index (κ2) is 5.75. The first-order chi connectivity index (χ1) is 9.75. The first-order valence-corrected chi connectivity index (χ1v) is 10.9. The van der Waals surface area contributed by atoms with Gasteiger partial charge in [0.05, 0.1) is 0 Å². The Morgan fingerprint density at radius 2 is 1.25 bits per heavy atom. The third kappa shape index (κ3) is 2.34. The highest BCUT2D eigenvalue weighted by Crippen LogP contribution is 2.53. The fourth-order valence-electron chi connectivity index (χ4n) is 3.81. The standard InChI is InChI=1S/C18H21ClSi/c1-2-20(19)17(15-9-5-3-6-10-15)13-14-18(20)16-11-7-4-8-12-16/h3-12,17-18H,2,13-14H2,1H3/t17-,18-/m0/s1. The quantitative estimate of drug-likeness (QED) is 0.509. The Bertz CT molecular complexity index is 505. The molecular formula is C18H21ClSi. The minimum atomic E-state index is -1.83. The van der Waals surface area contributed by atoms with Gasteiger partial charge in [-0.2, -0.15) is 11.1 Å². The minimum Gasteiger partial charge on any atom is -0.166 e. The van der Waals surface area contributed by atoms with Gasteiger partial charge in [-0.3, -0.25) is 0 Å². The molecule has 2 atom stereocenters. The van der Waals surface area contributed by atoms with Crippen LogP contribution in [0.25, 0.3) is 0 Å². The van der Waals surface area contributed by atoms with Crippen LogP contribution < -0.4 is 0 Å². The summed E-state index contributed by atoms with van der Waals surface area (Å²) in [6, 6.07) is 23.0. The van der Waals surface area contributed by atoms with Crippen molar-refractivity contribution in [2.75, 3.05) is 0 Å². The van der Waals surface area contributed by atoms with Crippen molar-refractivity contribution in [3.05, 3.63) is 71.8 Å². The first-order valence-electron chi connectivity index (χ1n) is 7.54. The van der Waals surface area contributed by atoms with Gasteiger partial charge in [-0.15, -0.1) is 0 Å². The lowest BCUT2D eigenvalue weighted by atomic mass is 10.0. The van der Waals surface area contributed by atoms with Crippen molar-refractivity contribution in [2.45, 2.75) is 36.9 Å². The van der Waals surface area contributed by atoms with E-state index >= 15 is 0 Å². The second-order valence-corrected chi connectivity index (χ2v) is 11.8. The maximum Gasteiger partial charge on any atom is 0.170 e. The van der Waals surface area contributed by atoms with Gasteiger partial charge in [0.15, 0.2) is 7.38 Å². The highest BCUT2D eigenvalue weighted by Gasteiger charge is 2.51. The Morgan fingerprint density at radius 1 is 0.850 bits per heavy atom. The SMILES string of the molecule is CC[Si]1(Cl)[C@H](c2ccccc2)CC[C@H]1c1ccccc1. The molecule has 1 saturated heterocycles. The molecule has 0 radical (unpaired) electrons. The summed E-state index contributed by atoms with van der Waals surface area (Å²) in [5.41, 5.74) is 4.10. The van der Waals surface area contributed by atoms with Crippen molar-refractivity contribution in [1.82, 2.24) is 0 Å². The van der Waals surface area contributed by atoms with Crippen LogP contribution in [0.2, 0.25) is 6.04 Å². The molecule has 0 amide bonds. The molecule has 0 spiro atoms. The van der Waals surface area contributed by atoms with Gasteiger partial charge in [0.1, 0.15) is 0 Å². The highest BCUT2D eigenvalue weighted by atomic mass is 35.6. The molecule has 0 unspecified atom stereocenters. The largest absolute Gasteiger partial charge is 0.170 e. The zero-order valence-electron chi connectivity index (χ0n) is 11.9. The maximum atomic E-state index is 7.30. The van der Waals surface area contributed by atoms with Crippen LogP contribution in [0.4, 0.5) is 0 Å².